The second-order valence-corrected chi connectivity index (χ2v) is 20.4. The summed E-state index contributed by atoms with van der Waals surface area (Å²) in [4.78, 5) is 5.71. The average molecular weight is 1050 g/mol. The Bertz CT molecular complexity index is 4680. The number of benzene rings is 10. The molecule has 0 saturated heterocycles. The third-order valence-electron chi connectivity index (χ3n) is 15.8. The molecule has 15 aromatic rings. The van der Waals surface area contributed by atoms with Gasteiger partial charge in [-0.2, -0.15) is 18.4 Å². The molecule has 0 saturated carbocycles. The first-order chi connectivity index (χ1) is 38.9. The summed E-state index contributed by atoms with van der Waals surface area (Å²) >= 11 is 0. The number of rotatable bonds is 7. The lowest BCUT2D eigenvalue weighted by atomic mass is 9.98. The van der Waals surface area contributed by atoms with Crippen molar-refractivity contribution in [1.29, 1.82) is 5.26 Å². The Morgan fingerprint density at radius 1 is 0.350 bits per heavy atom. The Morgan fingerprint density at radius 2 is 0.650 bits per heavy atom. The van der Waals surface area contributed by atoms with E-state index < -0.39 is 17.7 Å². The van der Waals surface area contributed by atoms with E-state index in [2.05, 4.69) is 63.7 Å². The van der Waals surface area contributed by atoms with Crippen molar-refractivity contribution in [2.24, 2.45) is 0 Å². The summed E-state index contributed by atoms with van der Waals surface area (Å²) in [5.74, 6) is -3.24. The molecule has 10 aromatic carbocycles. The number of alkyl halides is 5. The van der Waals surface area contributed by atoms with E-state index >= 15 is 8.78 Å². The summed E-state index contributed by atoms with van der Waals surface area (Å²) in [6.45, 7) is 0.852. The van der Waals surface area contributed by atoms with Crippen LogP contribution >= 0.6 is 0 Å². The smallest absolute Gasteiger partial charge is 0.309 e. The van der Waals surface area contributed by atoms with Crippen molar-refractivity contribution in [1.82, 2.24) is 23.3 Å². The second-order valence-electron chi connectivity index (χ2n) is 20.4. The van der Waals surface area contributed by atoms with Gasteiger partial charge in [0.15, 0.2) is 0 Å². The summed E-state index contributed by atoms with van der Waals surface area (Å²) in [5.41, 5.74) is 8.73. The first-order valence-electron chi connectivity index (χ1n) is 26.1. The van der Waals surface area contributed by atoms with Gasteiger partial charge in [-0.05, 0) is 78.9 Å². The van der Waals surface area contributed by atoms with E-state index in [-0.39, 0.29) is 28.0 Å². The highest BCUT2D eigenvalue weighted by atomic mass is 19.4. The maximum Gasteiger partial charge on any atom is 0.416 e. The number of fused-ring (bicyclic) bond motifs is 12. The van der Waals surface area contributed by atoms with Gasteiger partial charge in [0.25, 0.3) is 5.92 Å². The summed E-state index contributed by atoms with van der Waals surface area (Å²) in [5, 5.41) is 19.2. The van der Waals surface area contributed by atoms with Crippen molar-refractivity contribution >= 4 is 87.2 Å². The zero-order valence-corrected chi connectivity index (χ0v) is 42.5. The molecule has 0 bridgehead atoms. The van der Waals surface area contributed by atoms with Gasteiger partial charge in [-0.25, -0.2) is 13.8 Å². The maximum absolute atomic E-state index is 15.6. The van der Waals surface area contributed by atoms with Gasteiger partial charge in [0.2, 0.25) is 0 Å². The number of aromatic nitrogens is 5. The fourth-order valence-electron chi connectivity index (χ4n) is 12.3. The van der Waals surface area contributed by atoms with Gasteiger partial charge >= 0.3 is 6.18 Å². The molecule has 0 fully saturated rings. The van der Waals surface area contributed by atoms with E-state index in [1.54, 1.807) is 10.6 Å². The van der Waals surface area contributed by atoms with Crippen LogP contribution in [0.4, 0.5) is 22.0 Å². The minimum absolute atomic E-state index is 0.0549. The number of pyridine rings is 1. The molecule has 6 nitrogen and oxygen atoms in total. The quantitative estimate of drug-likeness (QED) is 0.149. The van der Waals surface area contributed by atoms with Gasteiger partial charge in [0.1, 0.15) is 11.6 Å². The zero-order chi connectivity index (χ0) is 54.2. The molecule has 0 N–H and O–H groups in total. The standard InChI is InChI=1S/C69H41F5N6/c1-68(70,71)43-30-36-53-51-18-6-12-24-60(51)79(62(53)38-43)66-55(40-75)67(80-61-25-13-7-19-52(61)54-37-31-44(39-63(54)80)69(72,73)74)65(42-28-34-46(35-29-42)78-58-22-10-4-16-49(58)50-17-5-11-23-59(50)78)76-64(66)41-26-32-45(33-27-41)77-56-20-8-2-14-47(56)48-15-3-9-21-57(48)77/h2-39H,1H3. The lowest BCUT2D eigenvalue weighted by Gasteiger charge is -2.23. The molecule has 11 heteroatoms. The van der Waals surface area contributed by atoms with E-state index in [0.29, 0.717) is 55.2 Å². The molecule has 15 rings (SSSR count). The summed E-state index contributed by atoms with van der Waals surface area (Å²) in [7, 11) is 0. The lowest BCUT2D eigenvalue weighted by molar-refractivity contribution is -0.137. The van der Waals surface area contributed by atoms with Gasteiger partial charge in [-0.1, -0.05) is 152 Å². The van der Waals surface area contributed by atoms with E-state index in [1.165, 1.54) is 18.2 Å². The van der Waals surface area contributed by atoms with Crippen molar-refractivity contribution in [3.05, 3.63) is 247 Å². The first kappa shape index (κ1) is 46.9. The number of nitrogens with zero attached hydrogens (tertiary/aromatic N) is 6. The predicted octanol–water partition coefficient (Wildman–Crippen LogP) is 18.8. The highest BCUT2D eigenvalue weighted by Gasteiger charge is 2.34. The topological polar surface area (TPSA) is 56.4 Å². The van der Waals surface area contributed by atoms with Crippen molar-refractivity contribution in [3.8, 4) is 51.3 Å². The largest absolute Gasteiger partial charge is 0.416 e. The number of hydrogen-bond donors (Lipinski definition) is 0. The Balaban J connectivity index is 1.08. The highest BCUT2D eigenvalue weighted by Crippen LogP contribution is 2.47. The highest BCUT2D eigenvalue weighted by molar-refractivity contribution is 6.14. The van der Waals surface area contributed by atoms with Gasteiger partial charge in [0.05, 0.1) is 72.5 Å². The molecule has 382 valence electrons. The zero-order valence-electron chi connectivity index (χ0n) is 42.5. The van der Waals surface area contributed by atoms with Gasteiger partial charge in [-0.3, -0.25) is 0 Å². The monoisotopic (exact) mass is 1050 g/mol. The third-order valence-corrected chi connectivity index (χ3v) is 15.8. The molecule has 5 aromatic heterocycles. The predicted molar refractivity (Wildman–Crippen MR) is 312 cm³/mol. The van der Waals surface area contributed by atoms with E-state index in [4.69, 9.17) is 4.98 Å². The summed E-state index contributed by atoms with van der Waals surface area (Å²) in [6.07, 6.45) is -4.71. The normalized spacial score (nSPS) is 12.4. The molecule has 0 radical (unpaired) electrons. The molecule has 0 aliphatic rings. The molecule has 0 spiro atoms. The Morgan fingerprint density at radius 3 is 0.975 bits per heavy atom. The lowest BCUT2D eigenvalue weighted by Crippen LogP contribution is -2.12. The van der Waals surface area contributed by atoms with Crippen LogP contribution in [-0.2, 0) is 12.1 Å². The summed E-state index contributed by atoms with van der Waals surface area (Å²) < 4.78 is 84.2. The van der Waals surface area contributed by atoms with E-state index in [0.717, 1.165) is 79.4 Å². The average Bonchev–Trinajstić information content (AvgIpc) is 4.24. The fraction of sp³-hybridized carbons (Fsp3) is 0.0435. The molecule has 0 unspecified atom stereocenters. The van der Waals surface area contributed by atoms with Crippen molar-refractivity contribution < 1.29 is 22.0 Å². The molecule has 5 heterocycles. The SMILES string of the molecule is CC(F)(F)c1ccc2c3ccccc3n(-c3c(-c4ccc(-n5c6ccccc6c6ccccc65)cc4)nc(-c4ccc(-n5c6ccccc6c6ccccc65)cc4)c(-n4c5ccccc5c5ccc(C(F)(F)F)cc54)c3C#N)c2c1. The van der Waals surface area contributed by atoms with Crippen LogP contribution in [0.3, 0.4) is 0 Å². The Labute approximate surface area is 453 Å². The molecule has 80 heavy (non-hydrogen) atoms. The molecule has 0 aliphatic heterocycles. The number of nitriles is 1. The Kier molecular flexibility index (Phi) is 10.2. The number of para-hydroxylation sites is 6. The Hall–Kier alpha value is -10.3. The van der Waals surface area contributed by atoms with Crippen LogP contribution in [0, 0.1) is 11.3 Å². The molecule has 0 atom stereocenters. The van der Waals surface area contributed by atoms with Gasteiger partial charge in [0, 0.05) is 78.1 Å². The summed E-state index contributed by atoms with van der Waals surface area (Å²) in [6, 6.07) is 74.3. The molecule has 0 aliphatic carbocycles. The molecule has 0 amide bonds. The number of hydrogen-bond acceptors (Lipinski definition) is 2. The second kappa shape index (κ2) is 17.3. The van der Waals surface area contributed by atoms with Crippen LogP contribution in [0.2, 0.25) is 0 Å². The van der Waals surface area contributed by atoms with Gasteiger partial charge in [-0.15, -0.1) is 0 Å². The minimum atomic E-state index is -4.71. The third kappa shape index (κ3) is 6.98. The van der Waals surface area contributed by atoms with Crippen molar-refractivity contribution in [2.45, 2.75) is 19.0 Å². The fourth-order valence-corrected chi connectivity index (χ4v) is 12.3. The van der Waals surface area contributed by atoms with Crippen molar-refractivity contribution in [3.63, 3.8) is 0 Å². The first-order valence-corrected chi connectivity index (χ1v) is 26.1. The number of halogens is 5. The van der Waals surface area contributed by atoms with Crippen LogP contribution in [-0.4, -0.2) is 23.3 Å². The van der Waals surface area contributed by atoms with E-state index in [1.807, 2.05) is 150 Å². The molecular formula is C69H41F5N6. The van der Waals surface area contributed by atoms with Crippen LogP contribution < -0.4 is 0 Å². The van der Waals surface area contributed by atoms with Gasteiger partial charge < -0.3 is 18.3 Å². The van der Waals surface area contributed by atoms with Crippen LogP contribution in [0.25, 0.3) is 132 Å². The van der Waals surface area contributed by atoms with Crippen LogP contribution in [0.1, 0.15) is 23.6 Å². The van der Waals surface area contributed by atoms with Crippen LogP contribution in [0.15, 0.2) is 231 Å². The van der Waals surface area contributed by atoms with E-state index in [9.17, 15) is 18.4 Å². The maximum atomic E-state index is 15.6. The van der Waals surface area contributed by atoms with Crippen molar-refractivity contribution in [2.75, 3.05) is 0 Å². The molecular weight excluding hydrogens is 1010 g/mol. The minimum Gasteiger partial charge on any atom is -0.309 e. The van der Waals surface area contributed by atoms with Crippen LogP contribution in [0.5, 0.6) is 0 Å².